The SMILES string of the molecule is CC(C)(C)CN1c2ccccc2N(CC(C)(C)C)[Si-]1[Si]([Si](C)(C)C)([Si](C)(C)C)[Si](C)(C)C.[Li+]. The Balaban J connectivity index is 0.00000544. The summed E-state index contributed by atoms with van der Waals surface area (Å²) in [5, 5.41) is 0. The molecule has 184 valence electrons. The number of fused-ring (bicyclic) bond motifs is 1. The Morgan fingerprint density at radius 2 is 0.879 bits per heavy atom. The van der Waals surface area contributed by atoms with Crippen molar-refractivity contribution < 1.29 is 18.9 Å². The van der Waals surface area contributed by atoms with Gasteiger partial charge in [0.2, 0.25) is 0 Å². The molecular weight excluding hydrogens is 476 g/mol. The molecule has 0 spiro atoms. The van der Waals surface area contributed by atoms with Crippen LogP contribution in [-0.2, 0) is 0 Å². The van der Waals surface area contributed by atoms with Crippen molar-refractivity contribution in [2.24, 2.45) is 10.8 Å². The van der Waals surface area contributed by atoms with Crippen LogP contribution in [0, 0.1) is 10.8 Å². The van der Waals surface area contributed by atoms with Crippen LogP contribution in [0.2, 0.25) is 58.9 Å². The Bertz CT molecular complexity index is 731. The summed E-state index contributed by atoms with van der Waals surface area (Å²) in [6, 6.07) is 9.48. The van der Waals surface area contributed by atoms with Crippen LogP contribution in [0.3, 0.4) is 0 Å². The van der Waals surface area contributed by atoms with Crippen LogP contribution in [0.15, 0.2) is 24.3 Å². The Kier molecular flexibility index (Phi) is 9.32. The van der Waals surface area contributed by atoms with E-state index in [1.165, 1.54) is 13.1 Å². The van der Waals surface area contributed by atoms with E-state index < -0.39 is 37.6 Å². The molecule has 1 aliphatic rings. The number of nitrogens with zero attached hydrogens (tertiary/aromatic N) is 2. The first-order valence-electron chi connectivity index (χ1n) is 12.6. The molecule has 0 radical (unpaired) electrons. The van der Waals surface area contributed by atoms with Gasteiger partial charge in [-0.2, -0.15) is 0 Å². The molecule has 0 aliphatic carbocycles. The first kappa shape index (κ1) is 31.5. The Hall–Kier alpha value is 0.502. The minimum atomic E-state index is -1.62. The van der Waals surface area contributed by atoms with Gasteiger partial charge in [0.25, 0.3) is 0 Å². The smallest absolute Gasteiger partial charge is 0.526 e. The summed E-state index contributed by atoms with van der Waals surface area (Å²) in [7, 11) is -5.16. The van der Waals surface area contributed by atoms with Crippen molar-refractivity contribution in [2.45, 2.75) is 100 Å². The normalized spacial score (nSPS) is 16.7. The molecule has 0 fully saturated rings. The van der Waals surface area contributed by atoms with Crippen molar-refractivity contribution in [1.82, 2.24) is 0 Å². The largest absolute Gasteiger partial charge is 1.00 e. The fraction of sp³-hybridized carbons (Fsp3) is 0.760. The van der Waals surface area contributed by atoms with E-state index in [0.717, 1.165) is 0 Å². The minimum Gasteiger partial charge on any atom is -0.526 e. The van der Waals surface area contributed by atoms with Crippen LogP contribution >= 0.6 is 0 Å². The van der Waals surface area contributed by atoms with E-state index in [1.54, 1.807) is 11.4 Å². The third kappa shape index (κ3) is 6.08. The fourth-order valence-electron chi connectivity index (χ4n) is 7.35. The molecule has 0 amide bonds. The molecule has 33 heavy (non-hydrogen) atoms. The molecular formula is C25H53LiN2Si5. The van der Waals surface area contributed by atoms with Gasteiger partial charge in [-0.25, -0.2) is 0 Å². The Labute approximate surface area is 224 Å². The molecule has 0 bridgehead atoms. The van der Waals surface area contributed by atoms with Crippen molar-refractivity contribution in [3.05, 3.63) is 24.3 Å². The Morgan fingerprint density at radius 3 is 1.09 bits per heavy atom. The first-order valence-corrected chi connectivity index (χ1v) is 30.5. The summed E-state index contributed by atoms with van der Waals surface area (Å²) in [5.74, 6) is 0. The van der Waals surface area contributed by atoms with Crippen LogP contribution in [0.1, 0.15) is 41.5 Å². The van der Waals surface area contributed by atoms with E-state index in [4.69, 9.17) is 0 Å². The predicted octanol–water partition coefficient (Wildman–Crippen LogP) is 4.67. The molecule has 0 N–H and O–H groups in total. The van der Waals surface area contributed by atoms with Gasteiger partial charge >= 0.3 is 18.9 Å². The van der Waals surface area contributed by atoms with Gasteiger partial charge in [-0.05, 0) is 44.7 Å². The van der Waals surface area contributed by atoms with Crippen LogP contribution in [0.4, 0.5) is 11.4 Å². The maximum atomic E-state index is 3.05. The molecule has 0 unspecified atom stereocenters. The molecule has 0 saturated heterocycles. The predicted molar refractivity (Wildman–Crippen MR) is 162 cm³/mol. The summed E-state index contributed by atoms with van der Waals surface area (Å²) in [6.07, 6.45) is -1.62. The maximum Gasteiger partial charge on any atom is 1.00 e. The zero-order valence-corrected chi connectivity index (χ0v) is 30.1. The van der Waals surface area contributed by atoms with Crippen LogP contribution in [0.25, 0.3) is 0 Å². The van der Waals surface area contributed by atoms with E-state index >= 15 is 0 Å². The van der Waals surface area contributed by atoms with E-state index in [0.29, 0.717) is 10.8 Å². The van der Waals surface area contributed by atoms with Crippen molar-refractivity contribution in [3.8, 4) is 0 Å². The monoisotopic (exact) mass is 528 g/mol. The molecule has 1 aromatic rings. The van der Waals surface area contributed by atoms with Crippen molar-refractivity contribution >= 4 is 48.9 Å². The Morgan fingerprint density at radius 1 is 0.606 bits per heavy atom. The standard InChI is InChI=1S/C25H53N2Si5.Li/c1-24(2,3)20-26-22-18-16-17-19-23(22)27(21-25(4,5)6)28(26)32(29(7,8)9,30(10,11)12)31(13,14)15;/h16-19H,20-21H2,1-15H3;/q-1;+1. The first-order chi connectivity index (χ1) is 14.0. The molecule has 0 saturated carbocycles. The second kappa shape index (κ2) is 9.75. The van der Waals surface area contributed by atoms with E-state index in [2.05, 4.69) is 134 Å². The summed E-state index contributed by atoms with van der Waals surface area (Å²) in [4.78, 5) is 0. The zero-order valence-electron chi connectivity index (χ0n) is 25.1. The fourth-order valence-corrected chi connectivity index (χ4v) is 135. The zero-order chi connectivity index (χ0) is 25.1. The van der Waals surface area contributed by atoms with Crippen molar-refractivity contribution in [2.75, 3.05) is 22.2 Å². The van der Waals surface area contributed by atoms with Crippen molar-refractivity contribution in [1.29, 1.82) is 0 Å². The van der Waals surface area contributed by atoms with Crippen molar-refractivity contribution in [3.63, 3.8) is 0 Å². The molecule has 2 rings (SSSR count). The van der Waals surface area contributed by atoms with Gasteiger partial charge in [0, 0.05) is 34.1 Å². The van der Waals surface area contributed by atoms with Gasteiger partial charge in [0.1, 0.15) is 0 Å². The molecule has 1 aromatic carbocycles. The summed E-state index contributed by atoms with van der Waals surface area (Å²) >= 11 is 0. The van der Waals surface area contributed by atoms with Gasteiger partial charge in [0.15, 0.2) is 0 Å². The van der Waals surface area contributed by atoms with Gasteiger partial charge in [-0.15, -0.1) is 0 Å². The number of hydrogen-bond donors (Lipinski definition) is 0. The number of rotatable bonds is 6. The maximum absolute atomic E-state index is 3.05. The number of hydrogen-bond acceptors (Lipinski definition) is 2. The number of anilines is 2. The van der Waals surface area contributed by atoms with Crippen LogP contribution in [0.5, 0.6) is 0 Å². The second-order valence-corrected chi connectivity index (χ2v) is 65.2. The summed E-state index contributed by atoms with van der Waals surface area (Å²) < 4.78 is 6.10. The number of para-hydroxylation sites is 2. The molecule has 0 atom stereocenters. The quantitative estimate of drug-likeness (QED) is 0.495. The molecule has 1 aliphatic heterocycles. The van der Waals surface area contributed by atoms with Gasteiger partial charge in [-0.3, -0.25) is 0 Å². The average Bonchev–Trinajstić information content (AvgIpc) is 2.75. The van der Waals surface area contributed by atoms with Gasteiger partial charge < -0.3 is 9.13 Å². The van der Waals surface area contributed by atoms with Crippen LogP contribution < -0.4 is 28.0 Å². The van der Waals surface area contributed by atoms with Crippen LogP contribution in [-0.4, -0.2) is 50.6 Å². The minimum absolute atomic E-state index is 0. The van der Waals surface area contributed by atoms with Gasteiger partial charge in [-0.1, -0.05) is 119 Å². The molecule has 8 heteroatoms. The second-order valence-electron chi connectivity index (χ2n) is 15.6. The number of benzene rings is 1. The van der Waals surface area contributed by atoms with E-state index in [-0.39, 0.29) is 18.9 Å². The van der Waals surface area contributed by atoms with E-state index in [1.807, 2.05) is 0 Å². The van der Waals surface area contributed by atoms with Gasteiger partial charge in [0.05, 0.1) is 0 Å². The summed E-state index contributed by atoms with van der Waals surface area (Å²) in [6.45, 7) is 42.1. The molecule has 1 heterocycles. The summed E-state index contributed by atoms with van der Waals surface area (Å²) in [5.41, 5.74) is 3.68. The topological polar surface area (TPSA) is 6.48 Å². The third-order valence-corrected chi connectivity index (χ3v) is 107. The van der Waals surface area contributed by atoms with E-state index in [9.17, 15) is 0 Å². The average molecular weight is 529 g/mol. The third-order valence-electron chi connectivity index (χ3n) is 6.95. The molecule has 0 aromatic heterocycles. The molecule has 2 nitrogen and oxygen atoms in total.